The summed E-state index contributed by atoms with van der Waals surface area (Å²) in [6.45, 7) is 4.90. The third kappa shape index (κ3) is 2.92. The number of carbonyl (C=O) groups is 1. The largest absolute Gasteiger partial charge is 0.480 e. The number of rotatable bonds is 5. The summed E-state index contributed by atoms with van der Waals surface area (Å²) in [6.07, 6.45) is 2.16. The summed E-state index contributed by atoms with van der Waals surface area (Å²) < 4.78 is 5.67. The summed E-state index contributed by atoms with van der Waals surface area (Å²) in [5.41, 5.74) is -0.762. The molecule has 1 fully saturated rings. The van der Waals surface area contributed by atoms with Crippen LogP contribution in [0.1, 0.15) is 33.1 Å². The molecule has 1 saturated carbocycles. The summed E-state index contributed by atoms with van der Waals surface area (Å²) in [5.74, 6) is -0.264. The fraction of sp³-hybridized carbons (Fsp3) is 0.909. The number of carboxylic acid groups (broad SMARTS) is 1. The van der Waals surface area contributed by atoms with Crippen molar-refractivity contribution in [2.45, 2.75) is 44.8 Å². The first kappa shape index (κ1) is 12.5. The molecule has 88 valence electrons. The highest BCUT2D eigenvalue weighted by Crippen LogP contribution is 2.32. The highest BCUT2D eigenvalue weighted by Gasteiger charge is 2.44. The molecule has 15 heavy (non-hydrogen) atoms. The van der Waals surface area contributed by atoms with E-state index in [1.807, 2.05) is 0 Å². The Bertz CT molecular complexity index is 230. The Morgan fingerprint density at radius 2 is 2.33 bits per heavy atom. The van der Waals surface area contributed by atoms with Crippen LogP contribution in [0.15, 0.2) is 0 Å². The average Bonchev–Trinajstić information content (AvgIpc) is 2.59. The summed E-state index contributed by atoms with van der Waals surface area (Å²) >= 11 is 0. The van der Waals surface area contributed by atoms with E-state index in [4.69, 9.17) is 9.84 Å². The van der Waals surface area contributed by atoms with Crippen LogP contribution >= 0.6 is 0 Å². The smallest absolute Gasteiger partial charge is 0.323 e. The normalized spacial score (nSPS) is 31.1. The molecule has 0 amide bonds. The van der Waals surface area contributed by atoms with Gasteiger partial charge in [-0.05, 0) is 25.8 Å². The number of hydrogen-bond acceptors (Lipinski definition) is 3. The van der Waals surface area contributed by atoms with Crippen LogP contribution in [0.3, 0.4) is 0 Å². The van der Waals surface area contributed by atoms with Gasteiger partial charge in [-0.15, -0.1) is 0 Å². The minimum absolute atomic E-state index is 0.0935. The van der Waals surface area contributed by atoms with Gasteiger partial charge in [-0.25, -0.2) is 0 Å². The lowest BCUT2D eigenvalue weighted by molar-refractivity contribution is -0.144. The molecule has 0 aromatic carbocycles. The molecule has 4 heteroatoms. The Kier molecular flexibility index (Phi) is 4.11. The first-order valence-electron chi connectivity index (χ1n) is 5.54. The zero-order valence-corrected chi connectivity index (χ0v) is 9.75. The van der Waals surface area contributed by atoms with Crippen molar-refractivity contribution in [3.63, 3.8) is 0 Å². The fourth-order valence-corrected chi connectivity index (χ4v) is 2.00. The Hall–Kier alpha value is -0.610. The van der Waals surface area contributed by atoms with E-state index in [1.54, 1.807) is 7.05 Å². The van der Waals surface area contributed by atoms with E-state index in [1.165, 1.54) is 0 Å². The van der Waals surface area contributed by atoms with Gasteiger partial charge >= 0.3 is 5.97 Å². The van der Waals surface area contributed by atoms with Crippen molar-refractivity contribution < 1.29 is 14.6 Å². The highest BCUT2D eigenvalue weighted by atomic mass is 16.5. The van der Waals surface area contributed by atoms with E-state index in [0.29, 0.717) is 25.4 Å². The molecule has 2 unspecified atom stereocenters. The molecule has 1 aliphatic rings. The second-order valence-corrected chi connectivity index (χ2v) is 4.73. The van der Waals surface area contributed by atoms with Crippen LogP contribution in [-0.4, -0.2) is 36.4 Å². The molecule has 0 aromatic rings. The molecule has 2 N–H and O–H groups in total. The maximum Gasteiger partial charge on any atom is 0.323 e. The molecule has 0 radical (unpaired) electrons. The first-order valence-corrected chi connectivity index (χ1v) is 5.54. The predicted octanol–water partition coefficient (Wildman–Crippen LogP) is 1.25. The van der Waals surface area contributed by atoms with Gasteiger partial charge in [0.15, 0.2) is 0 Å². The van der Waals surface area contributed by atoms with Gasteiger partial charge in [0.05, 0.1) is 6.10 Å². The summed E-state index contributed by atoms with van der Waals surface area (Å²) in [4.78, 5) is 11.1. The van der Waals surface area contributed by atoms with Crippen molar-refractivity contribution in [2.75, 3.05) is 13.7 Å². The standard InChI is InChI=1S/C11H21NO3/c1-8(2)7-15-9-4-5-11(6-9,12-3)10(13)14/h8-9,12H,4-7H2,1-3H3,(H,13,14). The fourth-order valence-electron chi connectivity index (χ4n) is 2.00. The van der Waals surface area contributed by atoms with Crippen LogP contribution in [-0.2, 0) is 9.53 Å². The van der Waals surface area contributed by atoms with Crippen molar-refractivity contribution in [3.05, 3.63) is 0 Å². The third-order valence-electron chi connectivity index (χ3n) is 3.02. The molecule has 2 atom stereocenters. The van der Waals surface area contributed by atoms with Gasteiger partial charge in [0.2, 0.25) is 0 Å². The molecule has 0 saturated heterocycles. The van der Waals surface area contributed by atoms with Gasteiger partial charge in [0, 0.05) is 13.0 Å². The molecular formula is C11H21NO3. The van der Waals surface area contributed by atoms with Gasteiger partial charge in [0.25, 0.3) is 0 Å². The van der Waals surface area contributed by atoms with E-state index in [-0.39, 0.29) is 6.10 Å². The third-order valence-corrected chi connectivity index (χ3v) is 3.02. The van der Waals surface area contributed by atoms with E-state index < -0.39 is 11.5 Å². The average molecular weight is 215 g/mol. The molecule has 1 aliphatic carbocycles. The summed E-state index contributed by atoms with van der Waals surface area (Å²) in [6, 6.07) is 0. The lowest BCUT2D eigenvalue weighted by Crippen LogP contribution is -2.48. The van der Waals surface area contributed by atoms with Gasteiger partial charge in [-0.1, -0.05) is 13.8 Å². The van der Waals surface area contributed by atoms with Gasteiger partial charge < -0.3 is 15.2 Å². The Morgan fingerprint density at radius 1 is 1.67 bits per heavy atom. The van der Waals surface area contributed by atoms with E-state index >= 15 is 0 Å². The quantitative estimate of drug-likeness (QED) is 0.724. The number of hydrogen-bond donors (Lipinski definition) is 2. The second-order valence-electron chi connectivity index (χ2n) is 4.73. The monoisotopic (exact) mass is 215 g/mol. The molecule has 0 heterocycles. The Balaban J connectivity index is 2.46. The molecule has 1 rings (SSSR count). The number of nitrogens with one attached hydrogen (secondary N) is 1. The van der Waals surface area contributed by atoms with Crippen LogP contribution in [0.2, 0.25) is 0 Å². The molecule has 0 aromatic heterocycles. The van der Waals surface area contributed by atoms with Crippen molar-refractivity contribution in [3.8, 4) is 0 Å². The maximum absolute atomic E-state index is 11.1. The van der Waals surface area contributed by atoms with Crippen LogP contribution in [0, 0.1) is 5.92 Å². The predicted molar refractivity (Wildman–Crippen MR) is 57.9 cm³/mol. The zero-order chi connectivity index (χ0) is 11.5. The minimum atomic E-state index is -0.763. The van der Waals surface area contributed by atoms with E-state index in [0.717, 1.165) is 6.42 Å². The van der Waals surface area contributed by atoms with Crippen molar-refractivity contribution in [1.29, 1.82) is 0 Å². The molecule has 0 bridgehead atoms. The maximum atomic E-state index is 11.1. The summed E-state index contributed by atoms with van der Waals surface area (Å²) in [5, 5.41) is 12.1. The molecule has 0 aliphatic heterocycles. The number of likely N-dealkylation sites (N-methyl/N-ethyl adjacent to an activating group) is 1. The van der Waals surface area contributed by atoms with E-state index in [2.05, 4.69) is 19.2 Å². The molecular weight excluding hydrogens is 194 g/mol. The molecule has 0 spiro atoms. The second kappa shape index (κ2) is 4.94. The highest BCUT2D eigenvalue weighted by molar-refractivity contribution is 5.79. The van der Waals surface area contributed by atoms with Crippen LogP contribution in [0.25, 0.3) is 0 Å². The van der Waals surface area contributed by atoms with Crippen molar-refractivity contribution in [1.82, 2.24) is 5.32 Å². The number of carboxylic acids is 1. The Labute approximate surface area is 91.0 Å². The summed E-state index contributed by atoms with van der Waals surface area (Å²) in [7, 11) is 1.71. The molecule has 4 nitrogen and oxygen atoms in total. The van der Waals surface area contributed by atoms with Crippen LogP contribution in [0.4, 0.5) is 0 Å². The van der Waals surface area contributed by atoms with E-state index in [9.17, 15) is 4.79 Å². The number of ether oxygens (including phenoxy) is 1. The minimum Gasteiger partial charge on any atom is -0.480 e. The first-order chi connectivity index (χ1) is 7.00. The Morgan fingerprint density at radius 3 is 2.73 bits per heavy atom. The zero-order valence-electron chi connectivity index (χ0n) is 9.75. The SMILES string of the molecule is CNC1(C(=O)O)CCC(OCC(C)C)C1. The van der Waals surface area contributed by atoms with Gasteiger partial charge in [0.1, 0.15) is 5.54 Å². The van der Waals surface area contributed by atoms with Crippen LogP contribution < -0.4 is 5.32 Å². The van der Waals surface area contributed by atoms with Gasteiger partial charge in [-0.3, -0.25) is 4.79 Å². The topological polar surface area (TPSA) is 58.6 Å². The lowest BCUT2D eigenvalue weighted by Gasteiger charge is -2.23. The van der Waals surface area contributed by atoms with Crippen molar-refractivity contribution in [2.24, 2.45) is 5.92 Å². The lowest BCUT2D eigenvalue weighted by atomic mass is 9.98. The van der Waals surface area contributed by atoms with Crippen molar-refractivity contribution >= 4 is 5.97 Å². The van der Waals surface area contributed by atoms with Gasteiger partial charge in [-0.2, -0.15) is 0 Å². The number of aliphatic carboxylic acids is 1. The van der Waals surface area contributed by atoms with Crippen LogP contribution in [0.5, 0.6) is 0 Å².